The number of ether oxygens (including phenoxy) is 2. The molecule has 0 aliphatic rings. The van der Waals surface area contributed by atoms with E-state index in [0.29, 0.717) is 28.5 Å². The van der Waals surface area contributed by atoms with Crippen molar-refractivity contribution in [2.45, 2.75) is 6.92 Å². The lowest BCUT2D eigenvalue weighted by atomic mass is 10.2. The molecule has 3 aromatic rings. The summed E-state index contributed by atoms with van der Waals surface area (Å²) in [7, 11) is 0. The van der Waals surface area contributed by atoms with E-state index in [-0.39, 0.29) is 17.0 Å². The summed E-state index contributed by atoms with van der Waals surface area (Å²) in [6, 6.07) is 16.2. The number of nitro benzene ring substituents is 1. The van der Waals surface area contributed by atoms with Crippen LogP contribution in [-0.4, -0.2) is 29.6 Å². The first kappa shape index (κ1) is 23.4. The number of nitro groups is 1. The molecule has 9 nitrogen and oxygen atoms in total. The molecule has 0 aliphatic heterocycles. The Morgan fingerprint density at radius 1 is 1.03 bits per heavy atom. The van der Waals surface area contributed by atoms with E-state index in [2.05, 4.69) is 10.5 Å². The molecule has 3 aromatic carbocycles. The number of carbonyl (C=O) groups is 2. The van der Waals surface area contributed by atoms with Gasteiger partial charge in [-0.25, -0.2) is 10.2 Å². The maximum Gasteiger partial charge on any atom is 0.343 e. The van der Waals surface area contributed by atoms with Crippen LogP contribution in [0.15, 0.2) is 71.8 Å². The molecule has 0 fully saturated rings. The van der Waals surface area contributed by atoms with Crippen LogP contribution in [0.3, 0.4) is 0 Å². The van der Waals surface area contributed by atoms with Crippen molar-refractivity contribution in [2.75, 3.05) is 6.61 Å². The Bertz CT molecular complexity index is 1190. The van der Waals surface area contributed by atoms with Crippen LogP contribution in [0, 0.1) is 10.1 Å². The highest BCUT2D eigenvalue weighted by molar-refractivity contribution is 6.30. The monoisotopic (exact) mass is 467 g/mol. The minimum absolute atomic E-state index is 0.131. The van der Waals surface area contributed by atoms with Crippen LogP contribution >= 0.6 is 11.6 Å². The zero-order valence-corrected chi connectivity index (χ0v) is 18.1. The standard InChI is InChI=1S/C23H18ClN3O6/c1-2-32-21-13-15(14-25-26-22(28)16-4-8-18(24)9-5-16)3-12-20(21)33-23(29)17-6-10-19(11-7-17)27(30)31/h3-14H,2H2,1H3,(H,26,28)/b25-14-. The lowest BCUT2D eigenvalue weighted by Gasteiger charge is -2.11. The Labute approximate surface area is 193 Å². The SMILES string of the molecule is CCOc1cc(/C=N\NC(=O)c2ccc(Cl)cc2)ccc1OC(=O)c1ccc([N+](=O)[O-])cc1. The normalized spacial score (nSPS) is 10.6. The van der Waals surface area contributed by atoms with Gasteiger partial charge in [-0.05, 0) is 67.1 Å². The number of hydrazone groups is 1. The highest BCUT2D eigenvalue weighted by Gasteiger charge is 2.15. The maximum absolute atomic E-state index is 12.4. The van der Waals surface area contributed by atoms with Crippen LogP contribution in [-0.2, 0) is 0 Å². The average molecular weight is 468 g/mol. The van der Waals surface area contributed by atoms with Crippen LogP contribution in [0.2, 0.25) is 5.02 Å². The summed E-state index contributed by atoms with van der Waals surface area (Å²) < 4.78 is 10.9. The largest absolute Gasteiger partial charge is 0.490 e. The van der Waals surface area contributed by atoms with Gasteiger partial charge in [-0.3, -0.25) is 14.9 Å². The van der Waals surface area contributed by atoms with Crippen LogP contribution in [0.4, 0.5) is 5.69 Å². The zero-order chi connectivity index (χ0) is 23.8. The predicted octanol–water partition coefficient (Wildman–Crippen LogP) is 4.63. The van der Waals surface area contributed by atoms with Gasteiger partial charge in [0.25, 0.3) is 11.6 Å². The molecule has 0 heterocycles. The Hall–Kier alpha value is -4.24. The van der Waals surface area contributed by atoms with Crippen molar-refractivity contribution in [1.29, 1.82) is 0 Å². The van der Waals surface area contributed by atoms with Crippen molar-refractivity contribution in [3.63, 3.8) is 0 Å². The van der Waals surface area contributed by atoms with Crippen molar-refractivity contribution < 1.29 is 24.0 Å². The number of esters is 1. The van der Waals surface area contributed by atoms with E-state index in [1.807, 2.05) is 0 Å². The summed E-state index contributed by atoms with van der Waals surface area (Å²) in [5, 5.41) is 15.2. The Morgan fingerprint density at radius 2 is 1.70 bits per heavy atom. The van der Waals surface area contributed by atoms with E-state index in [4.69, 9.17) is 21.1 Å². The van der Waals surface area contributed by atoms with Gasteiger partial charge in [0, 0.05) is 22.7 Å². The van der Waals surface area contributed by atoms with Gasteiger partial charge < -0.3 is 9.47 Å². The van der Waals surface area contributed by atoms with E-state index >= 15 is 0 Å². The molecule has 3 rings (SSSR count). The second-order valence-electron chi connectivity index (χ2n) is 6.54. The molecule has 1 amide bonds. The number of nitrogens with zero attached hydrogens (tertiary/aromatic N) is 2. The van der Waals surface area contributed by atoms with Gasteiger partial charge in [0.1, 0.15) is 0 Å². The van der Waals surface area contributed by atoms with Crippen molar-refractivity contribution >= 4 is 35.4 Å². The molecule has 10 heteroatoms. The number of halogens is 1. The van der Waals surface area contributed by atoms with Crippen LogP contribution in [0.5, 0.6) is 11.5 Å². The van der Waals surface area contributed by atoms with Gasteiger partial charge in [-0.2, -0.15) is 5.10 Å². The van der Waals surface area contributed by atoms with Crippen LogP contribution in [0.25, 0.3) is 0 Å². The summed E-state index contributed by atoms with van der Waals surface area (Å²) in [4.78, 5) is 34.7. The molecule has 0 spiro atoms. The highest BCUT2D eigenvalue weighted by atomic mass is 35.5. The fourth-order valence-corrected chi connectivity index (χ4v) is 2.79. The lowest BCUT2D eigenvalue weighted by Crippen LogP contribution is -2.17. The third-order valence-corrected chi connectivity index (χ3v) is 4.52. The number of non-ortho nitro benzene ring substituents is 1. The van der Waals surface area contributed by atoms with Crippen molar-refractivity contribution in [2.24, 2.45) is 5.10 Å². The summed E-state index contributed by atoms with van der Waals surface area (Å²) in [6.45, 7) is 2.09. The number of amides is 1. The van der Waals surface area contributed by atoms with Crippen LogP contribution < -0.4 is 14.9 Å². The second-order valence-corrected chi connectivity index (χ2v) is 6.98. The van der Waals surface area contributed by atoms with E-state index in [1.54, 1.807) is 43.3 Å². The average Bonchev–Trinajstić information content (AvgIpc) is 2.81. The summed E-state index contributed by atoms with van der Waals surface area (Å²) >= 11 is 5.81. The highest BCUT2D eigenvalue weighted by Crippen LogP contribution is 2.29. The fourth-order valence-electron chi connectivity index (χ4n) is 2.67. The minimum atomic E-state index is -0.692. The molecule has 0 radical (unpaired) electrons. The predicted molar refractivity (Wildman–Crippen MR) is 122 cm³/mol. The van der Waals surface area contributed by atoms with Gasteiger partial charge >= 0.3 is 5.97 Å². The Morgan fingerprint density at radius 3 is 2.33 bits per heavy atom. The number of rotatable bonds is 8. The number of hydrogen-bond donors (Lipinski definition) is 1. The summed E-state index contributed by atoms with van der Waals surface area (Å²) in [5.74, 6) is -0.632. The van der Waals surface area contributed by atoms with Gasteiger partial charge in [-0.15, -0.1) is 0 Å². The molecule has 0 bridgehead atoms. The molecule has 0 aromatic heterocycles. The summed E-state index contributed by atoms with van der Waals surface area (Å²) in [6.07, 6.45) is 1.41. The topological polar surface area (TPSA) is 120 Å². The first-order chi connectivity index (χ1) is 15.9. The van der Waals surface area contributed by atoms with E-state index in [1.165, 1.54) is 36.5 Å². The molecule has 0 saturated carbocycles. The fraction of sp³-hybridized carbons (Fsp3) is 0.0870. The van der Waals surface area contributed by atoms with E-state index < -0.39 is 16.8 Å². The molecule has 0 unspecified atom stereocenters. The van der Waals surface area contributed by atoms with Crippen molar-refractivity contribution in [3.8, 4) is 11.5 Å². The molecule has 1 N–H and O–H groups in total. The third kappa shape index (κ3) is 6.37. The molecule has 33 heavy (non-hydrogen) atoms. The van der Waals surface area contributed by atoms with Crippen molar-refractivity contribution in [3.05, 3.63) is 98.6 Å². The molecule has 0 aliphatic carbocycles. The van der Waals surface area contributed by atoms with Gasteiger partial charge in [-0.1, -0.05) is 11.6 Å². The number of benzene rings is 3. The first-order valence-electron chi connectivity index (χ1n) is 9.70. The Kier molecular flexibility index (Phi) is 7.72. The second kappa shape index (κ2) is 10.9. The zero-order valence-electron chi connectivity index (χ0n) is 17.4. The van der Waals surface area contributed by atoms with Gasteiger partial charge in [0.15, 0.2) is 11.5 Å². The van der Waals surface area contributed by atoms with Crippen LogP contribution in [0.1, 0.15) is 33.2 Å². The Balaban J connectivity index is 1.69. The molecule has 168 valence electrons. The van der Waals surface area contributed by atoms with E-state index in [9.17, 15) is 19.7 Å². The minimum Gasteiger partial charge on any atom is -0.490 e. The molecular formula is C23H18ClN3O6. The number of hydrogen-bond acceptors (Lipinski definition) is 7. The molecular weight excluding hydrogens is 450 g/mol. The third-order valence-electron chi connectivity index (χ3n) is 4.27. The number of nitrogens with one attached hydrogen (secondary N) is 1. The van der Waals surface area contributed by atoms with E-state index in [0.717, 1.165) is 0 Å². The molecule has 0 saturated heterocycles. The maximum atomic E-state index is 12.4. The quantitative estimate of drug-likeness (QED) is 0.169. The lowest BCUT2D eigenvalue weighted by molar-refractivity contribution is -0.384. The van der Waals surface area contributed by atoms with Gasteiger partial charge in [0.05, 0.1) is 23.3 Å². The summed E-state index contributed by atoms with van der Waals surface area (Å²) in [5.41, 5.74) is 3.42. The molecule has 0 atom stereocenters. The smallest absolute Gasteiger partial charge is 0.343 e. The first-order valence-corrected chi connectivity index (χ1v) is 10.1. The van der Waals surface area contributed by atoms with Gasteiger partial charge in [0.2, 0.25) is 0 Å². The number of carbonyl (C=O) groups excluding carboxylic acids is 2. The van der Waals surface area contributed by atoms with Crippen molar-refractivity contribution in [1.82, 2.24) is 5.43 Å².